The van der Waals surface area contributed by atoms with Crippen molar-refractivity contribution in [3.05, 3.63) is 47.4 Å². The summed E-state index contributed by atoms with van der Waals surface area (Å²) >= 11 is 0. The number of nitrogens with zero attached hydrogens (tertiary/aromatic N) is 2. The first kappa shape index (κ1) is 37.1. The van der Waals surface area contributed by atoms with Crippen molar-refractivity contribution in [3.8, 4) is 5.75 Å². The monoisotopic (exact) mass is 753 g/mol. The summed E-state index contributed by atoms with van der Waals surface area (Å²) in [7, 11) is -3.90. The molecule has 1 aromatic carbocycles. The normalized spacial score (nSPS) is 29.8. The molecule has 1 aromatic heterocycles. The van der Waals surface area contributed by atoms with E-state index in [0.717, 1.165) is 18.4 Å². The molecule has 0 radical (unpaired) electrons. The minimum atomic E-state index is -3.90. The van der Waals surface area contributed by atoms with Crippen LogP contribution in [0.2, 0.25) is 0 Å². The highest BCUT2D eigenvalue weighted by molar-refractivity contribution is 7.91. The van der Waals surface area contributed by atoms with Crippen LogP contribution in [0, 0.1) is 18.7 Å². The van der Waals surface area contributed by atoms with Gasteiger partial charge in [0.1, 0.15) is 45.9 Å². The van der Waals surface area contributed by atoms with E-state index in [4.69, 9.17) is 9.47 Å². The second kappa shape index (κ2) is 13.5. The van der Waals surface area contributed by atoms with Gasteiger partial charge in [-0.1, -0.05) is 37.1 Å². The zero-order valence-corrected chi connectivity index (χ0v) is 31.4. The van der Waals surface area contributed by atoms with E-state index >= 15 is 0 Å². The van der Waals surface area contributed by atoms with E-state index in [1.54, 1.807) is 39.8 Å². The lowest BCUT2D eigenvalue weighted by atomic mass is 9.87. The number of hydrogen-bond acceptors (Lipinski definition) is 9. The minimum absolute atomic E-state index is 0.00489. The number of aromatic nitrogens is 1. The summed E-state index contributed by atoms with van der Waals surface area (Å²) in [6.45, 7) is 6.90. The highest BCUT2D eigenvalue weighted by atomic mass is 32.2. The van der Waals surface area contributed by atoms with Crippen LogP contribution in [0.1, 0.15) is 96.2 Å². The smallest absolute Gasteiger partial charge is 0.408 e. The fourth-order valence-corrected chi connectivity index (χ4v) is 9.39. The molecule has 3 aliphatic heterocycles. The van der Waals surface area contributed by atoms with Gasteiger partial charge in [-0.3, -0.25) is 19.1 Å². The van der Waals surface area contributed by atoms with E-state index in [0.29, 0.717) is 61.8 Å². The Morgan fingerprint density at radius 1 is 1.11 bits per heavy atom. The zero-order valence-electron chi connectivity index (χ0n) is 30.6. The number of fused-ring (bicyclic) bond motifs is 5. The van der Waals surface area contributed by atoms with E-state index in [9.17, 15) is 32.0 Å². The fraction of sp³-hybridized carbons (Fsp3) is 0.605. The van der Waals surface area contributed by atoms with Gasteiger partial charge in [-0.05, 0) is 85.1 Å². The van der Waals surface area contributed by atoms with Crippen molar-refractivity contribution in [1.29, 1.82) is 0 Å². The number of ether oxygens (including phenoxy) is 2. The molecule has 53 heavy (non-hydrogen) atoms. The Hall–Kier alpha value is -4.27. The Bertz CT molecular complexity index is 2000. The van der Waals surface area contributed by atoms with Crippen LogP contribution in [0.5, 0.6) is 5.75 Å². The van der Waals surface area contributed by atoms with Gasteiger partial charge >= 0.3 is 6.09 Å². The van der Waals surface area contributed by atoms with Crippen LogP contribution in [0.3, 0.4) is 0 Å². The maximum atomic E-state index is 14.8. The van der Waals surface area contributed by atoms with Gasteiger partial charge in [-0.25, -0.2) is 22.6 Å². The second-order valence-corrected chi connectivity index (χ2v) is 18.3. The molecule has 1 saturated heterocycles. The highest BCUT2D eigenvalue weighted by Crippen LogP contribution is 2.48. The maximum Gasteiger partial charge on any atom is 0.408 e. The number of rotatable bonds is 4. The van der Waals surface area contributed by atoms with Gasteiger partial charge in [0.05, 0.1) is 17.5 Å². The van der Waals surface area contributed by atoms with Crippen molar-refractivity contribution in [3.63, 3.8) is 0 Å². The predicted molar refractivity (Wildman–Crippen MR) is 193 cm³/mol. The molecule has 3 fully saturated rings. The van der Waals surface area contributed by atoms with Crippen LogP contribution >= 0.6 is 0 Å². The lowest BCUT2D eigenvalue weighted by Crippen LogP contribution is -2.58. The third kappa shape index (κ3) is 7.45. The van der Waals surface area contributed by atoms with Gasteiger partial charge < -0.3 is 25.0 Å². The van der Waals surface area contributed by atoms with Crippen LogP contribution in [-0.4, -0.2) is 82.7 Å². The number of carbonyl (C=O) groups excluding carboxylic acids is 4. The molecule has 1 spiro atoms. The van der Waals surface area contributed by atoms with Crippen LogP contribution in [0.15, 0.2) is 30.4 Å². The minimum Gasteiger partial charge on any atom is -0.483 e. The first-order valence-corrected chi connectivity index (χ1v) is 20.2. The summed E-state index contributed by atoms with van der Waals surface area (Å²) < 4.78 is 55.0. The van der Waals surface area contributed by atoms with E-state index in [1.165, 1.54) is 11.0 Å². The van der Waals surface area contributed by atoms with Gasteiger partial charge in [-0.2, -0.15) is 0 Å². The molecule has 0 bridgehead atoms. The molecule has 5 atom stereocenters. The largest absolute Gasteiger partial charge is 0.483 e. The molecule has 7 rings (SSSR count). The number of aryl methyl sites for hydroxylation is 2. The summed E-state index contributed by atoms with van der Waals surface area (Å²) in [6, 6.07) is 2.63. The van der Waals surface area contributed by atoms with Gasteiger partial charge in [0.15, 0.2) is 0 Å². The molecule has 0 unspecified atom stereocenters. The molecule has 286 valence electrons. The molecule has 3 N–H and O–H groups in total. The first-order chi connectivity index (χ1) is 25.0. The number of carbonyl (C=O) groups is 4. The highest BCUT2D eigenvalue weighted by Gasteiger charge is 2.63. The number of benzene rings is 1. The van der Waals surface area contributed by atoms with E-state index in [1.807, 2.05) is 12.2 Å². The van der Waals surface area contributed by atoms with Gasteiger partial charge in [0.25, 0.3) is 5.91 Å². The number of allylic oxidation sites excluding steroid dienone is 1. The third-order valence-electron chi connectivity index (χ3n) is 11.0. The average molecular weight is 754 g/mol. The Morgan fingerprint density at radius 3 is 2.62 bits per heavy atom. The molecule has 2 aromatic rings. The van der Waals surface area contributed by atoms with Crippen molar-refractivity contribution in [2.75, 3.05) is 6.54 Å². The Labute approximate surface area is 308 Å². The summed E-state index contributed by atoms with van der Waals surface area (Å²) in [5, 5.41) is 5.65. The Kier molecular flexibility index (Phi) is 9.47. The van der Waals surface area contributed by atoms with E-state index < -0.39 is 79.6 Å². The molecular formula is C38H48FN5O8S. The topological polar surface area (TPSA) is 173 Å². The van der Waals surface area contributed by atoms with E-state index in [-0.39, 0.29) is 24.9 Å². The molecule has 2 aliphatic carbocycles. The van der Waals surface area contributed by atoms with E-state index in [2.05, 4.69) is 20.3 Å². The number of alkyl carbamates (subject to hydrolysis) is 1. The Morgan fingerprint density at radius 2 is 1.89 bits per heavy atom. The SMILES string of the molecule is Cc1nc2c(F)cccc2c2c1O[C@]1(CC2)C[C@H]2C(=O)N[C@]3(C(=O)NS(=O)(=O)C4CC4)C[C@H]3/C=C\CCCCC[C@H](NC(=O)OC(C)(C)C)C(=O)N2C1. The molecule has 2 saturated carbocycles. The number of halogens is 1. The molecule has 13 nitrogen and oxygen atoms in total. The first-order valence-electron chi connectivity index (χ1n) is 18.6. The summed E-state index contributed by atoms with van der Waals surface area (Å²) in [6.07, 6.45) is 8.24. The Balaban J connectivity index is 1.23. The fourth-order valence-electron chi connectivity index (χ4n) is 8.03. The third-order valence-corrected chi connectivity index (χ3v) is 12.8. The second-order valence-electron chi connectivity index (χ2n) is 16.3. The van der Waals surface area contributed by atoms with Gasteiger partial charge in [0, 0.05) is 23.3 Å². The van der Waals surface area contributed by atoms with Gasteiger partial charge in [0.2, 0.25) is 21.8 Å². The van der Waals surface area contributed by atoms with Crippen LogP contribution in [0.4, 0.5) is 9.18 Å². The molecule has 4 heterocycles. The lowest BCUT2D eigenvalue weighted by molar-refractivity contribution is -0.141. The van der Waals surface area contributed by atoms with Crippen molar-refractivity contribution in [2.45, 2.75) is 132 Å². The van der Waals surface area contributed by atoms with Crippen LogP contribution < -0.4 is 20.1 Å². The number of pyridine rings is 1. The number of para-hydroxylation sites is 1. The standard InChI is InChI=1S/C38H48FN5O8S/c1-22-31-26(25-12-10-13-27(39)30(25)40-22)17-18-37(51-31)20-29-32(45)42-38(34(47)43-53(49,50)24-15-16-24)19-23(38)11-8-6-5-7-9-14-28(33(46)44(29)21-37)41-35(48)52-36(2,3)4/h8,10-13,23-24,28-29H,5-7,9,14-21H2,1-4H3,(H,41,48)(H,42,45)(H,43,47)/b11-8-/t23-,28+,29+,37-,38-/m1/s1. The molecule has 5 aliphatic rings. The zero-order chi connectivity index (χ0) is 37.9. The molecule has 4 amide bonds. The average Bonchev–Trinajstić information content (AvgIpc) is 4.01. The van der Waals surface area contributed by atoms with Crippen molar-refractivity contribution < 1.29 is 41.5 Å². The van der Waals surface area contributed by atoms with Crippen LogP contribution in [0.25, 0.3) is 10.9 Å². The van der Waals surface area contributed by atoms with Crippen molar-refractivity contribution in [1.82, 2.24) is 25.2 Å². The number of nitrogens with one attached hydrogen (secondary N) is 3. The van der Waals surface area contributed by atoms with Gasteiger partial charge in [-0.15, -0.1) is 0 Å². The number of amides is 4. The summed E-state index contributed by atoms with van der Waals surface area (Å²) in [4.78, 5) is 61.9. The number of hydrogen-bond donors (Lipinski definition) is 3. The summed E-state index contributed by atoms with van der Waals surface area (Å²) in [5.41, 5.74) is -1.87. The predicted octanol–water partition coefficient (Wildman–Crippen LogP) is 4.24. The van der Waals surface area contributed by atoms with Crippen molar-refractivity contribution >= 4 is 44.7 Å². The van der Waals surface area contributed by atoms with Crippen molar-refractivity contribution in [2.24, 2.45) is 5.92 Å². The molecular weight excluding hydrogens is 706 g/mol. The molecule has 15 heteroatoms. The number of sulfonamides is 1. The summed E-state index contributed by atoms with van der Waals surface area (Å²) in [5.74, 6) is -2.32. The lowest BCUT2D eigenvalue weighted by Gasteiger charge is -2.36. The maximum absolute atomic E-state index is 14.8. The van der Waals surface area contributed by atoms with Crippen LogP contribution in [-0.2, 0) is 35.6 Å². The quantitative estimate of drug-likeness (QED) is 0.386.